The van der Waals surface area contributed by atoms with Crippen molar-refractivity contribution in [2.75, 3.05) is 11.1 Å². The summed E-state index contributed by atoms with van der Waals surface area (Å²) in [5, 5.41) is 3.49. The van der Waals surface area contributed by atoms with Crippen molar-refractivity contribution in [2.45, 2.75) is 59.1 Å². The predicted molar refractivity (Wildman–Crippen MR) is 79.5 cm³/mol. The molecule has 1 aromatic rings. The highest BCUT2D eigenvalue weighted by molar-refractivity contribution is 5.54. The van der Waals surface area contributed by atoms with E-state index in [4.69, 9.17) is 10.5 Å². The number of anilines is 2. The van der Waals surface area contributed by atoms with Crippen molar-refractivity contribution in [1.82, 2.24) is 4.98 Å². The summed E-state index contributed by atoms with van der Waals surface area (Å²) in [5.74, 6) is 1.38. The van der Waals surface area contributed by atoms with Gasteiger partial charge in [0.25, 0.3) is 0 Å². The molecule has 19 heavy (non-hydrogen) atoms. The van der Waals surface area contributed by atoms with Crippen molar-refractivity contribution in [3.63, 3.8) is 0 Å². The second kappa shape index (κ2) is 5.27. The number of ether oxygens (including phenoxy) is 1. The Hall–Kier alpha value is -1.45. The van der Waals surface area contributed by atoms with Crippen LogP contribution < -0.4 is 15.8 Å². The van der Waals surface area contributed by atoms with E-state index < -0.39 is 0 Å². The molecular weight excluding hydrogens is 238 g/mol. The largest absolute Gasteiger partial charge is 0.473 e. The fourth-order valence-corrected chi connectivity index (χ4v) is 2.62. The van der Waals surface area contributed by atoms with Gasteiger partial charge in [-0.05, 0) is 50.7 Å². The summed E-state index contributed by atoms with van der Waals surface area (Å²) < 4.78 is 5.61. The Kier molecular flexibility index (Phi) is 3.88. The molecule has 0 spiro atoms. The van der Waals surface area contributed by atoms with Crippen molar-refractivity contribution < 1.29 is 4.74 Å². The minimum absolute atomic E-state index is 0.0791. The van der Waals surface area contributed by atoms with Gasteiger partial charge in [-0.3, -0.25) is 0 Å². The summed E-state index contributed by atoms with van der Waals surface area (Å²) in [6, 6.07) is 4.28. The third kappa shape index (κ3) is 3.75. The highest BCUT2D eigenvalue weighted by Crippen LogP contribution is 2.38. The Labute approximate surface area is 115 Å². The van der Waals surface area contributed by atoms with Crippen LogP contribution in [0.25, 0.3) is 0 Å². The van der Waals surface area contributed by atoms with Crippen LogP contribution in [0.5, 0.6) is 5.88 Å². The molecule has 4 nitrogen and oxygen atoms in total. The fourth-order valence-electron chi connectivity index (χ4n) is 2.62. The normalized spacial score (nSPS) is 21.6. The van der Waals surface area contributed by atoms with E-state index in [1.54, 1.807) is 0 Å². The van der Waals surface area contributed by atoms with Crippen LogP contribution in [0, 0.1) is 5.41 Å². The average Bonchev–Trinajstić information content (AvgIpc) is 2.62. The van der Waals surface area contributed by atoms with Gasteiger partial charge in [0.1, 0.15) is 5.82 Å². The molecule has 1 unspecified atom stereocenters. The maximum Gasteiger partial charge on any atom is 0.239 e. The molecule has 3 N–H and O–H groups in total. The predicted octanol–water partition coefficient (Wildman–Crippen LogP) is 3.44. The number of hydrogen-bond donors (Lipinski definition) is 2. The Balaban J connectivity index is 2.05. The van der Waals surface area contributed by atoms with Crippen LogP contribution in [0.1, 0.15) is 47.0 Å². The summed E-state index contributed by atoms with van der Waals surface area (Å²) in [6.07, 6.45) is 3.71. The number of nitrogen functional groups attached to an aromatic ring is 1. The molecule has 1 aliphatic rings. The molecule has 0 amide bonds. The van der Waals surface area contributed by atoms with E-state index in [-0.39, 0.29) is 6.10 Å². The van der Waals surface area contributed by atoms with Crippen LogP contribution in [0.3, 0.4) is 0 Å². The lowest BCUT2D eigenvalue weighted by molar-refractivity contribution is 0.234. The molecule has 0 aliphatic heterocycles. The summed E-state index contributed by atoms with van der Waals surface area (Å²) in [7, 11) is 0. The standard InChI is InChI=1S/C15H25N3O/c1-10(2)19-14-12(16)5-6-13(18-14)17-11-7-8-15(3,4)9-11/h5-6,10-11H,7-9,16H2,1-4H3,(H,17,18). The molecular formula is C15H25N3O. The van der Waals surface area contributed by atoms with E-state index in [1.165, 1.54) is 19.3 Å². The first kappa shape index (κ1) is 14.0. The Morgan fingerprint density at radius 1 is 1.42 bits per heavy atom. The molecule has 0 radical (unpaired) electrons. The lowest BCUT2D eigenvalue weighted by atomic mass is 9.92. The van der Waals surface area contributed by atoms with Crippen molar-refractivity contribution in [3.05, 3.63) is 12.1 Å². The van der Waals surface area contributed by atoms with Crippen molar-refractivity contribution in [2.24, 2.45) is 5.41 Å². The second-order valence-corrected chi connectivity index (χ2v) is 6.51. The first-order valence-electron chi connectivity index (χ1n) is 7.05. The Morgan fingerprint density at radius 3 is 2.74 bits per heavy atom. The van der Waals surface area contributed by atoms with Crippen molar-refractivity contribution >= 4 is 11.5 Å². The number of aromatic nitrogens is 1. The van der Waals surface area contributed by atoms with Gasteiger partial charge in [0.2, 0.25) is 5.88 Å². The zero-order chi connectivity index (χ0) is 14.0. The SMILES string of the molecule is CC(C)Oc1nc(NC2CCC(C)(C)C2)ccc1N. The van der Waals surface area contributed by atoms with E-state index in [9.17, 15) is 0 Å². The smallest absolute Gasteiger partial charge is 0.239 e. The van der Waals surface area contributed by atoms with Crippen LogP contribution in [-0.4, -0.2) is 17.1 Å². The van der Waals surface area contributed by atoms with Crippen molar-refractivity contribution in [3.8, 4) is 5.88 Å². The molecule has 0 saturated heterocycles. The van der Waals surface area contributed by atoms with Gasteiger partial charge in [0.05, 0.1) is 11.8 Å². The van der Waals surface area contributed by atoms with Gasteiger partial charge < -0.3 is 15.8 Å². The third-order valence-electron chi connectivity index (χ3n) is 3.56. The molecule has 106 valence electrons. The number of nitrogens with two attached hydrogens (primary N) is 1. The maximum atomic E-state index is 5.87. The number of nitrogens with zero attached hydrogens (tertiary/aromatic N) is 1. The minimum atomic E-state index is 0.0791. The molecule has 1 aromatic heterocycles. The minimum Gasteiger partial charge on any atom is -0.473 e. The van der Waals surface area contributed by atoms with Gasteiger partial charge in [-0.2, -0.15) is 4.98 Å². The van der Waals surface area contributed by atoms with Crippen molar-refractivity contribution in [1.29, 1.82) is 0 Å². The highest BCUT2D eigenvalue weighted by Gasteiger charge is 2.30. The summed E-state index contributed by atoms with van der Waals surface area (Å²) in [6.45, 7) is 8.58. The quantitative estimate of drug-likeness (QED) is 0.873. The fraction of sp³-hybridized carbons (Fsp3) is 0.667. The van der Waals surface area contributed by atoms with Crippen LogP contribution in [-0.2, 0) is 0 Å². The van der Waals surface area contributed by atoms with Crippen LogP contribution in [0.2, 0.25) is 0 Å². The Morgan fingerprint density at radius 2 is 2.16 bits per heavy atom. The van der Waals surface area contributed by atoms with Gasteiger partial charge >= 0.3 is 0 Å². The Bertz CT molecular complexity index is 443. The van der Waals surface area contributed by atoms with Gasteiger partial charge in [0.15, 0.2) is 0 Å². The summed E-state index contributed by atoms with van der Waals surface area (Å²) in [5.41, 5.74) is 6.90. The van der Waals surface area contributed by atoms with Crippen LogP contribution in [0.15, 0.2) is 12.1 Å². The van der Waals surface area contributed by atoms with E-state index in [0.29, 0.717) is 23.0 Å². The lowest BCUT2D eigenvalue weighted by Gasteiger charge is -2.19. The van der Waals surface area contributed by atoms with Gasteiger partial charge in [-0.25, -0.2) is 0 Å². The topological polar surface area (TPSA) is 60.2 Å². The number of hydrogen-bond acceptors (Lipinski definition) is 4. The first-order valence-corrected chi connectivity index (χ1v) is 7.05. The van der Waals surface area contributed by atoms with E-state index in [0.717, 1.165) is 5.82 Å². The van der Waals surface area contributed by atoms with E-state index in [2.05, 4.69) is 24.1 Å². The highest BCUT2D eigenvalue weighted by atomic mass is 16.5. The van der Waals surface area contributed by atoms with Gasteiger partial charge in [0, 0.05) is 6.04 Å². The summed E-state index contributed by atoms with van der Waals surface area (Å²) >= 11 is 0. The molecule has 0 bridgehead atoms. The molecule has 1 saturated carbocycles. The monoisotopic (exact) mass is 263 g/mol. The molecule has 1 aliphatic carbocycles. The molecule has 2 rings (SSSR count). The zero-order valence-electron chi connectivity index (χ0n) is 12.4. The number of nitrogens with one attached hydrogen (secondary N) is 1. The number of pyridine rings is 1. The van der Waals surface area contributed by atoms with Crippen LogP contribution in [0.4, 0.5) is 11.5 Å². The number of rotatable bonds is 4. The molecule has 1 heterocycles. The summed E-state index contributed by atoms with van der Waals surface area (Å²) in [4.78, 5) is 4.47. The lowest BCUT2D eigenvalue weighted by Crippen LogP contribution is -2.19. The first-order chi connectivity index (χ1) is 8.85. The molecule has 4 heteroatoms. The van der Waals surface area contributed by atoms with Gasteiger partial charge in [-0.15, -0.1) is 0 Å². The van der Waals surface area contributed by atoms with Gasteiger partial charge in [-0.1, -0.05) is 13.8 Å². The molecule has 0 aromatic carbocycles. The van der Waals surface area contributed by atoms with E-state index in [1.807, 2.05) is 26.0 Å². The third-order valence-corrected chi connectivity index (χ3v) is 3.56. The maximum absolute atomic E-state index is 5.87. The molecule has 1 fully saturated rings. The molecule has 1 atom stereocenters. The second-order valence-electron chi connectivity index (χ2n) is 6.51. The van der Waals surface area contributed by atoms with E-state index >= 15 is 0 Å². The average molecular weight is 263 g/mol. The zero-order valence-corrected chi connectivity index (χ0v) is 12.4. The van der Waals surface area contributed by atoms with Crippen LogP contribution >= 0.6 is 0 Å².